The Morgan fingerprint density at radius 3 is 2.55 bits per heavy atom. The smallest absolute Gasteiger partial charge is 0.310 e. The minimum Gasteiger partial charge on any atom is -0.459 e. The summed E-state index contributed by atoms with van der Waals surface area (Å²) < 4.78 is 5.56. The van der Waals surface area contributed by atoms with Crippen LogP contribution in [0.15, 0.2) is 54.6 Å². The molecule has 0 aromatic heterocycles. The van der Waals surface area contributed by atoms with Crippen LogP contribution in [0.3, 0.4) is 0 Å². The third-order valence-electron chi connectivity index (χ3n) is 2.93. The van der Waals surface area contributed by atoms with Crippen molar-refractivity contribution in [2.45, 2.75) is 45.6 Å². The summed E-state index contributed by atoms with van der Waals surface area (Å²) in [4.78, 5) is 11.9. The van der Waals surface area contributed by atoms with Crippen molar-refractivity contribution >= 4 is 5.97 Å². The highest BCUT2D eigenvalue weighted by Gasteiger charge is 2.21. The molecule has 0 saturated heterocycles. The Morgan fingerprint density at radius 2 is 1.90 bits per heavy atom. The van der Waals surface area contributed by atoms with E-state index in [4.69, 9.17) is 4.74 Å². The summed E-state index contributed by atoms with van der Waals surface area (Å²) in [6.45, 7) is 5.90. The van der Waals surface area contributed by atoms with Crippen LogP contribution in [0, 0.1) is 0 Å². The van der Waals surface area contributed by atoms with Crippen molar-refractivity contribution in [1.82, 2.24) is 0 Å². The molecule has 108 valence electrons. The molecule has 0 aliphatic carbocycles. The molecule has 0 radical (unpaired) electrons. The molecule has 0 amide bonds. The molecule has 0 N–H and O–H groups in total. The van der Waals surface area contributed by atoms with E-state index >= 15 is 0 Å². The number of hydrogen-bond donors (Lipinski definition) is 0. The molecule has 0 fully saturated rings. The van der Waals surface area contributed by atoms with Crippen LogP contribution in [0.2, 0.25) is 0 Å². The van der Waals surface area contributed by atoms with Crippen LogP contribution in [0.5, 0.6) is 0 Å². The van der Waals surface area contributed by atoms with Gasteiger partial charge in [0, 0.05) is 0 Å². The molecule has 0 heterocycles. The highest BCUT2D eigenvalue weighted by molar-refractivity contribution is 5.72. The van der Waals surface area contributed by atoms with Gasteiger partial charge >= 0.3 is 5.97 Å². The summed E-state index contributed by atoms with van der Waals surface area (Å²) >= 11 is 0. The van der Waals surface area contributed by atoms with E-state index in [-0.39, 0.29) is 5.97 Å². The van der Waals surface area contributed by atoms with Crippen molar-refractivity contribution in [3.8, 4) is 0 Å². The standard InChI is InChI=1S/C18H24O2/c1-4-5-6-7-11-14-18(2,3)20-17(19)15-16-12-9-8-10-13-16/h4-10,12-13H,11,14-15H2,1-3H3/b5-4+,7-6+. The Kier molecular flexibility index (Phi) is 6.78. The average Bonchev–Trinajstić information content (AvgIpc) is 2.38. The highest BCUT2D eigenvalue weighted by Crippen LogP contribution is 2.18. The Morgan fingerprint density at radius 1 is 1.20 bits per heavy atom. The number of benzene rings is 1. The molecule has 20 heavy (non-hydrogen) atoms. The lowest BCUT2D eigenvalue weighted by molar-refractivity contribution is -0.156. The first-order valence-corrected chi connectivity index (χ1v) is 7.07. The van der Waals surface area contributed by atoms with Gasteiger partial charge in [-0.2, -0.15) is 0 Å². The maximum Gasteiger partial charge on any atom is 0.310 e. The number of hydrogen-bond acceptors (Lipinski definition) is 2. The monoisotopic (exact) mass is 272 g/mol. The quantitative estimate of drug-likeness (QED) is 0.541. The van der Waals surface area contributed by atoms with Crippen LogP contribution < -0.4 is 0 Å². The van der Waals surface area contributed by atoms with Crippen LogP contribution in [-0.2, 0) is 16.0 Å². The van der Waals surface area contributed by atoms with E-state index in [1.165, 1.54) is 0 Å². The van der Waals surface area contributed by atoms with Gasteiger partial charge in [-0.3, -0.25) is 4.79 Å². The van der Waals surface area contributed by atoms with E-state index in [9.17, 15) is 4.79 Å². The first-order valence-electron chi connectivity index (χ1n) is 7.07. The maximum atomic E-state index is 11.9. The largest absolute Gasteiger partial charge is 0.459 e. The normalized spacial score (nSPS) is 12.2. The highest BCUT2D eigenvalue weighted by atomic mass is 16.6. The molecule has 1 aromatic rings. The SMILES string of the molecule is C/C=C/C=C/CCC(C)(C)OC(=O)Cc1ccccc1. The van der Waals surface area contributed by atoms with Crippen LogP contribution in [0.25, 0.3) is 0 Å². The fourth-order valence-corrected chi connectivity index (χ4v) is 1.87. The Labute approximate surface area is 122 Å². The van der Waals surface area contributed by atoms with Crippen molar-refractivity contribution in [2.75, 3.05) is 0 Å². The third kappa shape index (κ3) is 6.93. The van der Waals surface area contributed by atoms with Crippen molar-refractivity contribution in [3.05, 3.63) is 60.2 Å². The van der Waals surface area contributed by atoms with Gasteiger partial charge < -0.3 is 4.74 Å². The topological polar surface area (TPSA) is 26.3 Å². The number of allylic oxidation sites excluding steroid dienone is 4. The zero-order chi connectivity index (χ0) is 14.8. The van der Waals surface area contributed by atoms with Crippen LogP contribution in [-0.4, -0.2) is 11.6 Å². The summed E-state index contributed by atoms with van der Waals surface area (Å²) in [5, 5.41) is 0. The van der Waals surface area contributed by atoms with E-state index in [1.54, 1.807) is 0 Å². The number of ether oxygens (including phenoxy) is 1. The molecule has 0 bridgehead atoms. The Balaban J connectivity index is 2.39. The summed E-state index contributed by atoms with van der Waals surface area (Å²) in [7, 11) is 0. The second kappa shape index (κ2) is 8.36. The van der Waals surface area contributed by atoms with Gasteiger partial charge in [0.2, 0.25) is 0 Å². The van der Waals surface area contributed by atoms with E-state index in [0.717, 1.165) is 18.4 Å². The van der Waals surface area contributed by atoms with Gasteiger partial charge in [-0.25, -0.2) is 0 Å². The third-order valence-corrected chi connectivity index (χ3v) is 2.93. The fourth-order valence-electron chi connectivity index (χ4n) is 1.87. The van der Waals surface area contributed by atoms with E-state index in [2.05, 4.69) is 6.08 Å². The zero-order valence-electron chi connectivity index (χ0n) is 12.6. The van der Waals surface area contributed by atoms with Gasteiger partial charge in [0.1, 0.15) is 5.60 Å². The van der Waals surface area contributed by atoms with Crippen molar-refractivity contribution in [3.63, 3.8) is 0 Å². The molecule has 1 rings (SSSR count). The second-order valence-corrected chi connectivity index (χ2v) is 5.39. The Bertz CT molecular complexity index is 456. The summed E-state index contributed by atoms with van der Waals surface area (Å²) in [5.41, 5.74) is 0.563. The minimum atomic E-state index is -0.424. The van der Waals surface area contributed by atoms with Gasteiger partial charge in [0.15, 0.2) is 0 Å². The lowest BCUT2D eigenvalue weighted by atomic mass is 10.0. The van der Waals surface area contributed by atoms with Crippen LogP contribution in [0.1, 0.15) is 39.2 Å². The van der Waals surface area contributed by atoms with E-state index < -0.39 is 5.60 Å². The predicted octanol–water partition coefficient (Wildman–Crippen LogP) is 4.46. The van der Waals surface area contributed by atoms with E-state index in [1.807, 2.05) is 69.3 Å². The number of carbonyl (C=O) groups is 1. The molecule has 0 aliphatic heterocycles. The number of rotatable bonds is 7. The molecule has 0 atom stereocenters. The van der Waals surface area contributed by atoms with Crippen molar-refractivity contribution < 1.29 is 9.53 Å². The second-order valence-electron chi connectivity index (χ2n) is 5.39. The lowest BCUT2D eigenvalue weighted by Crippen LogP contribution is -2.28. The average molecular weight is 272 g/mol. The molecular formula is C18H24O2. The van der Waals surface area contributed by atoms with Gasteiger partial charge in [0.25, 0.3) is 0 Å². The molecule has 0 saturated carbocycles. The zero-order valence-corrected chi connectivity index (χ0v) is 12.6. The Hall–Kier alpha value is -1.83. The first-order chi connectivity index (χ1) is 9.53. The van der Waals surface area contributed by atoms with Crippen molar-refractivity contribution in [1.29, 1.82) is 0 Å². The summed E-state index contributed by atoms with van der Waals surface area (Å²) in [6, 6.07) is 9.68. The summed E-state index contributed by atoms with van der Waals surface area (Å²) in [6.07, 6.45) is 10.1. The number of carbonyl (C=O) groups excluding carboxylic acids is 1. The first kappa shape index (κ1) is 16.2. The fraction of sp³-hybridized carbons (Fsp3) is 0.389. The van der Waals surface area contributed by atoms with Gasteiger partial charge in [-0.05, 0) is 39.2 Å². The molecule has 2 heteroatoms. The van der Waals surface area contributed by atoms with Gasteiger partial charge in [-0.1, -0.05) is 54.6 Å². The van der Waals surface area contributed by atoms with Crippen LogP contribution in [0.4, 0.5) is 0 Å². The minimum absolute atomic E-state index is 0.168. The summed E-state index contributed by atoms with van der Waals surface area (Å²) in [5.74, 6) is -0.168. The molecular weight excluding hydrogens is 248 g/mol. The van der Waals surface area contributed by atoms with Crippen molar-refractivity contribution in [2.24, 2.45) is 0 Å². The molecule has 0 unspecified atom stereocenters. The van der Waals surface area contributed by atoms with E-state index in [0.29, 0.717) is 6.42 Å². The maximum absolute atomic E-state index is 11.9. The predicted molar refractivity (Wildman–Crippen MR) is 83.5 cm³/mol. The molecule has 0 aliphatic rings. The molecule has 2 nitrogen and oxygen atoms in total. The molecule has 1 aromatic carbocycles. The molecule has 0 spiro atoms. The number of esters is 1. The van der Waals surface area contributed by atoms with Gasteiger partial charge in [0.05, 0.1) is 6.42 Å². The van der Waals surface area contributed by atoms with Crippen LogP contribution >= 0.6 is 0 Å². The lowest BCUT2D eigenvalue weighted by Gasteiger charge is -2.24. The van der Waals surface area contributed by atoms with Gasteiger partial charge in [-0.15, -0.1) is 0 Å².